The van der Waals surface area contributed by atoms with Crippen molar-refractivity contribution in [2.75, 3.05) is 0 Å². The number of hydrogen-bond acceptors (Lipinski definition) is 1. The Bertz CT molecular complexity index is 194. The van der Waals surface area contributed by atoms with E-state index in [0.29, 0.717) is 11.5 Å². The summed E-state index contributed by atoms with van der Waals surface area (Å²) in [6, 6.07) is 0.350. The van der Waals surface area contributed by atoms with Gasteiger partial charge < -0.3 is 5.73 Å². The van der Waals surface area contributed by atoms with Crippen molar-refractivity contribution in [3.05, 3.63) is 12.7 Å². The Morgan fingerprint density at radius 1 is 1.27 bits per heavy atom. The second-order valence-corrected chi connectivity index (χ2v) is 6.17. The summed E-state index contributed by atoms with van der Waals surface area (Å²) in [5.74, 6) is 1.63. The molecule has 0 aromatic rings. The Balaban J connectivity index is 2.39. The van der Waals surface area contributed by atoms with E-state index in [4.69, 9.17) is 5.73 Å². The molecule has 1 aliphatic carbocycles. The standard InChI is InChI=1S/C14H27N/c1-5-6-13(15)11-7-9-12(10-8-11)14(2,3)4/h5,11-13H,1,6-10,15H2,2-4H3. The first kappa shape index (κ1) is 12.8. The van der Waals surface area contributed by atoms with Crippen molar-refractivity contribution in [2.24, 2.45) is 23.0 Å². The molecular weight excluding hydrogens is 182 g/mol. The molecule has 0 amide bonds. The van der Waals surface area contributed by atoms with Gasteiger partial charge in [0.1, 0.15) is 0 Å². The van der Waals surface area contributed by atoms with Crippen molar-refractivity contribution in [2.45, 2.75) is 58.9 Å². The zero-order valence-electron chi connectivity index (χ0n) is 10.6. The van der Waals surface area contributed by atoms with Gasteiger partial charge in [0, 0.05) is 6.04 Å². The second-order valence-electron chi connectivity index (χ2n) is 6.17. The molecule has 1 aliphatic rings. The van der Waals surface area contributed by atoms with Gasteiger partial charge in [-0.3, -0.25) is 0 Å². The Labute approximate surface area is 95.1 Å². The number of rotatable bonds is 3. The number of nitrogens with two attached hydrogens (primary N) is 1. The molecule has 1 nitrogen and oxygen atoms in total. The van der Waals surface area contributed by atoms with Gasteiger partial charge in [0.25, 0.3) is 0 Å². The predicted molar refractivity (Wildman–Crippen MR) is 67.7 cm³/mol. The molecule has 1 rings (SSSR count). The zero-order valence-corrected chi connectivity index (χ0v) is 10.6. The van der Waals surface area contributed by atoms with Crippen LogP contribution in [0.3, 0.4) is 0 Å². The van der Waals surface area contributed by atoms with Gasteiger partial charge in [-0.2, -0.15) is 0 Å². The molecule has 2 N–H and O–H groups in total. The van der Waals surface area contributed by atoms with Crippen LogP contribution < -0.4 is 5.73 Å². The highest BCUT2D eigenvalue weighted by molar-refractivity contribution is 4.87. The third kappa shape index (κ3) is 3.64. The highest BCUT2D eigenvalue weighted by Crippen LogP contribution is 2.40. The molecule has 0 aromatic carbocycles. The minimum Gasteiger partial charge on any atom is -0.327 e. The molecule has 0 bridgehead atoms. The Morgan fingerprint density at radius 2 is 1.80 bits per heavy atom. The highest BCUT2D eigenvalue weighted by atomic mass is 14.6. The van der Waals surface area contributed by atoms with E-state index in [1.54, 1.807) is 0 Å². The van der Waals surface area contributed by atoms with Gasteiger partial charge in [-0.15, -0.1) is 6.58 Å². The summed E-state index contributed by atoms with van der Waals surface area (Å²) < 4.78 is 0. The molecule has 0 heterocycles. The molecule has 0 aromatic heterocycles. The molecule has 0 spiro atoms. The maximum absolute atomic E-state index is 6.14. The molecule has 15 heavy (non-hydrogen) atoms. The van der Waals surface area contributed by atoms with E-state index in [-0.39, 0.29) is 0 Å². The van der Waals surface area contributed by atoms with Crippen molar-refractivity contribution in [1.29, 1.82) is 0 Å². The van der Waals surface area contributed by atoms with Gasteiger partial charge in [-0.05, 0) is 49.4 Å². The molecule has 1 atom stereocenters. The van der Waals surface area contributed by atoms with E-state index in [1.807, 2.05) is 6.08 Å². The zero-order chi connectivity index (χ0) is 11.5. The first-order chi connectivity index (χ1) is 6.95. The third-order valence-electron chi connectivity index (χ3n) is 4.04. The van der Waals surface area contributed by atoms with Crippen molar-refractivity contribution in [1.82, 2.24) is 0 Å². The van der Waals surface area contributed by atoms with E-state index in [1.165, 1.54) is 25.7 Å². The normalized spacial score (nSPS) is 29.9. The Kier molecular flexibility index (Phi) is 4.39. The lowest BCUT2D eigenvalue weighted by Gasteiger charge is -2.38. The summed E-state index contributed by atoms with van der Waals surface area (Å²) >= 11 is 0. The van der Waals surface area contributed by atoms with Crippen LogP contribution in [-0.4, -0.2) is 6.04 Å². The lowest BCUT2D eigenvalue weighted by atomic mass is 9.68. The van der Waals surface area contributed by atoms with Crippen LogP contribution in [0.4, 0.5) is 0 Å². The lowest BCUT2D eigenvalue weighted by Crippen LogP contribution is -2.35. The fourth-order valence-corrected chi connectivity index (χ4v) is 2.80. The van der Waals surface area contributed by atoms with E-state index < -0.39 is 0 Å². The Hall–Kier alpha value is -0.300. The van der Waals surface area contributed by atoms with Crippen LogP contribution in [0.5, 0.6) is 0 Å². The summed E-state index contributed by atoms with van der Waals surface area (Å²) in [6.07, 6.45) is 8.29. The summed E-state index contributed by atoms with van der Waals surface area (Å²) in [4.78, 5) is 0. The molecule has 0 saturated heterocycles. The first-order valence-corrected chi connectivity index (χ1v) is 6.31. The van der Waals surface area contributed by atoms with Crippen LogP contribution in [0, 0.1) is 17.3 Å². The average molecular weight is 209 g/mol. The molecule has 1 heteroatoms. The van der Waals surface area contributed by atoms with Gasteiger partial charge >= 0.3 is 0 Å². The van der Waals surface area contributed by atoms with Crippen LogP contribution in [-0.2, 0) is 0 Å². The second kappa shape index (κ2) is 5.16. The Morgan fingerprint density at radius 3 is 2.20 bits per heavy atom. The molecule has 88 valence electrons. The van der Waals surface area contributed by atoms with E-state index >= 15 is 0 Å². The van der Waals surface area contributed by atoms with Crippen LogP contribution in [0.25, 0.3) is 0 Å². The van der Waals surface area contributed by atoms with Gasteiger partial charge in [0.2, 0.25) is 0 Å². The quantitative estimate of drug-likeness (QED) is 0.704. The molecular formula is C14H27N. The monoisotopic (exact) mass is 209 g/mol. The summed E-state index contributed by atoms with van der Waals surface area (Å²) in [5, 5.41) is 0. The van der Waals surface area contributed by atoms with Crippen LogP contribution >= 0.6 is 0 Å². The maximum atomic E-state index is 6.14. The van der Waals surface area contributed by atoms with E-state index in [0.717, 1.165) is 18.3 Å². The van der Waals surface area contributed by atoms with Gasteiger partial charge in [-0.1, -0.05) is 26.8 Å². The summed E-state index contributed by atoms with van der Waals surface area (Å²) in [6.45, 7) is 10.9. The fraction of sp³-hybridized carbons (Fsp3) is 0.857. The molecule has 1 fully saturated rings. The smallest absolute Gasteiger partial charge is 0.0102 e. The van der Waals surface area contributed by atoms with Crippen LogP contribution in [0.1, 0.15) is 52.9 Å². The SMILES string of the molecule is C=CCC(N)C1CCC(C(C)(C)C)CC1. The van der Waals surface area contributed by atoms with Crippen LogP contribution in [0.2, 0.25) is 0 Å². The van der Waals surface area contributed by atoms with Crippen molar-refractivity contribution in [3.63, 3.8) is 0 Å². The minimum atomic E-state index is 0.350. The van der Waals surface area contributed by atoms with Crippen molar-refractivity contribution in [3.8, 4) is 0 Å². The van der Waals surface area contributed by atoms with Crippen molar-refractivity contribution < 1.29 is 0 Å². The minimum absolute atomic E-state index is 0.350. The summed E-state index contributed by atoms with van der Waals surface area (Å²) in [7, 11) is 0. The van der Waals surface area contributed by atoms with Gasteiger partial charge in [-0.25, -0.2) is 0 Å². The fourth-order valence-electron chi connectivity index (χ4n) is 2.80. The van der Waals surface area contributed by atoms with Crippen LogP contribution in [0.15, 0.2) is 12.7 Å². The van der Waals surface area contributed by atoms with Gasteiger partial charge in [0.15, 0.2) is 0 Å². The number of hydrogen-bond donors (Lipinski definition) is 1. The highest BCUT2D eigenvalue weighted by Gasteiger charge is 2.31. The maximum Gasteiger partial charge on any atom is 0.0102 e. The lowest BCUT2D eigenvalue weighted by molar-refractivity contribution is 0.140. The molecule has 0 aliphatic heterocycles. The largest absolute Gasteiger partial charge is 0.327 e. The third-order valence-corrected chi connectivity index (χ3v) is 4.04. The van der Waals surface area contributed by atoms with Crippen molar-refractivity contribution >= 4 is 0 Å². The van der Waals surface area contributed by atoms with E-state index in [9.17, 15) is 0 Å². The molecule has 1 saturated carbocycles. The topological polar surface area (TPSA) is 26.0 Å². The first-order valence-electron chi connectivity index (χ1n) is 6.31. The molecule has 0 radical (unpaired) electrons. The van der Waals surface area contributed by atoms with E-state index in [2.05, 4.69) is 27.4 Å². The summed E-state index contributed by atoms with van der Waals surface area (Å²) in [5.41, 5.74) is 6.62. The average Bonchev–Trinajstić information content (AvgIpc) is 2.17. The van der Waals surface area contributed by atoms with Gasteiger partial charge in [0.05, 0.1) is 0 Å². The molecule has 1 unspecified atom stereocenters. The predicted octanol–water partition coefficient (Wildman–Crippen LogP) is 3.74.